The van der Waals surface area contributed by atoms with E-state index in [1.165, 1.54) is 5.56 Å². The Labute approximate surface area is 151 Å². The molecule has 130 valence electrons. The van der Waals surface area contributed by atoms with Gasteiger partial charge in [0.1, 0.15) is 26.0 Å². The van der Waals surface area contributed by atoms with Crippen molar-refractivity contribution in [2.24, 2.45) is 0 Å². The third-order valence-corrected chi connectivity index (χ3v) is 4.80. The molecule has 0 fully saturated rings. The van der Waals surface area contributed by atoms with Crippen molar-refractivity contribution in [3.63, 3.8) is 0 Å². The van der Waals surface area contributed by atoms with Gasteiger partial charge in [-0.3, -0.25) is 9.58 Å². The van der Waals surface area contributed by atoms with Crippen molar-refractivity contribution in [2.75, 3.05) is 23.1 Å². The van der Waals surface area contributed by atoms with Crippen LogP contribution in [0.25, 0.3) is 11.0 Å². The zero-order chi connectivity index (χ0) is 17.3. The van der Waals surface area contributed by atoms with Crippen molar-refractivity contribution in [1.29, 1.82) is 0 Å². The van der Waals surface area contributed by atoms with Crippen LogP contribution in [0.1, 0.15) is 5.56 Å². The van der Waals surface area contributed by atoms with Gasteiger partial charge in [-0.05, 0) is 24.1 Å². The molecule has 0 radical (unpaired) electrons. The molecule has 2 aromatic heterocycles. The summed E-state index contributed by atoms with van der Waals surface area (Å²) in [5.41, 5.74) is 3.50. The molecule has 7 nitrogen and oxygen atoms in total. The Kier molecular flexibility index (Phi) is 3.55. The fourth-order valence-electron chi connectivity index (χ4n) is 3.48. The molecule has 0 unspecified atom stereocenters. The summed E-state index contributed by atoms with van der Waals surface area (Å²) in [4.78, 5) is 7.20. The van der Waals surface area contributed by atoms with Gasteiger partial charge in [-0.25, -0.2) is 9.66 Å². The summed E-state index contributed by atoms with van der Waals surface area (Å²) >= 11 is 0. The number of anilines is 1. The normalized spacial score (nSPS) is 14.0. The average Bonchev–Trinajstić information content (AvgIpc) is 3.35. The van der Waals surface area contributed by atoms with Gasteiger partial charge in [-0.1, -0.05) is 42.5 Å². The van der Waals surface area contributed by atoms with Gasteiger partial charge >= 0.3 is 0 Å². The van der Waals surface area contributed by atoms with Crippen molar-refractivity contribution in [1.82, 2.24) is 24.4 Å². The number of aromatic nitrogens is 5. The molecule has 2 aromatic carbocycles. The number of nitrogens with zero attached hydrogens (tertiary/aromatic N) is 7. The first-order chi connectivity index (χ1) is 12.9. The van der Waals surface area contributed by atoms with Crippen molar-refractivity contribution in [2.45, 2.75) is 13.1 Å². The van der Waals surface area contributed by atoms with Crippen LogP contribution in [0.5, 0.6) is 0 Å². The minimum atomic E-state index is 0.718. The van der Waals surface area contributed by atoms with Gasteiger partial charge in [-0.2, -0.15) is 0 Å². The maximum Gasteiger partial charge on any atom is 0.209 e. The van der Waals surface area contributed by atoms with Crippen molar-refractivity contribution in [3.8, 4) is 0 Å². The van der Waals surface area contributed by atoms with Crippen molar-refractivity contribution >= 4 is 17.0 Å². The van der Waals surface area contributed by atoms with E-state index in [2.05, 4.69) is 73.2 Å². The molecule has 1 aliphatic heterocycles. The fourth-order valence-corrected chi connectivity index (χ4v) is 3.48. The van der Waals surface area contributed by atoms with Gasteiger partial charge in [0, 0.05) is 6.54 Å². The number of imidazole rings is 1. The Morgan fingerprint density at radius 3 is 2.46 bits per heavy atom. The monoisotopic (exact) mass is 345 g/mol. The smallest absolute Gasteiger partial charge is 0.209 e. The van der Waals surface area contributed by atoms with Crippen molar-refractivity contribution in [3.05, 3.63) is 72.8 Å². The van der Waals surface area contributed by atoms with E-state index in [1.807, 2.05) is 10.7 Å². The van der Waals surface area contributed by atoms with E-state index in [4.69, 9.17) is 4.98 Å². The summed E-state index contributed by atoms with van der Waals surface area (Å²) in [5.74, 6) is 1.02. The number of hydrogen-bond donors (Lipinski definition) is 0. The molecule has 7 heteroatoms. The van der Waals surface area contributed by atoms with Crippen LogP contribution < -0.4 is 9.91 Å². The summed E-state index contributed by atoms with van der Waals surface area (Å²) < 4.78 is 4.19. The van der Waals surface area contributed by atoms with Crippen LogP contribution in [-0.4, -0.2) is 37.6 Å². The summed E-state index contributed by atoms with van der Waals surface area (Å²) in [6.45, 7) is 2.36. The number of rotatable bonds is 4. The molecule has 0 saturated carbocycles. The van der Waals surface area contributed by atoms with Gasteiger partial charge in [0.25, 0.3) is 0 Å². The molecule has 4 aromatic rings. The lowest BCUT2D eigenvalue weighted by atomic mass is 10.1. The predicted octanol–water partition coefficient (Wildman–Crippen LogP) is 2.24. The molecule has 0 N–H and O–H groups in total. The molecule has 3 heterocycles. The maximum absolute atomic E-state index is 4.88. The molecule has 0 amide bonds. The number of benzene rings is 2. The van der Waals surface area contributed by atoms with E-state index < -0.39 is 0 Å². The van der Waals surface area contributed by atoms with Crippen LogP contribution in [0, 0.1) is 0 Å². The van der Waals surface area contributed by atoms with Crippen LogP contribution >= 0.6 is 0 Å². The number of fused-ring (bicyclic) bond motifs is 3. The third-order valence-electron chi connectivity index (χ3n) is 4.80. The predicted molar refractivity (Wildman–Crippen MR) is 100 cm³/mol. The SMILES string of the molecule is c1ccc(CCN2CN(n3cnnc3)Cn3c2nc2ccccc23)cc1. The van der Waals surface area contributed by atoms with Gasteiger partial charge in [-0.15, -0.1) is 10.2 Å². The Morgan fingerprint density at radius 2 is 1.62 bits per heavy atom. The third kappa shape index (κ3) is 2.57. The highest BCUT2D eigenvalue weighted by Crippen LogP contribution is 2.26. The Hall–Kier alpha value is -3.35. The molecule has 1 aliphatic rings. The summed E-state index contributed by atoms with van der Waals surface area (Å²) in [6.07, 6.45) is 4.44. The van der Waals surface area contributed by atoms with Gasteiger partial charge in [0.2, 0.25) is 5.95 Å². The standard InChI is InChI=1S/C19H19N7/c1-2-6-16(7-3-1)10-11-23-14-25(24-12-20-21-13-24)15-26-18-9-5-4-8-17(18)22-19(23)26/h1-9,12-13H,10-11,14-15H2. The molecule has 5 rings (SSSR count). The van der Waals surface area contributed by atoms with E-state index in [-0.39, 0.29) is 0 Å². The average molecular weight is 345 g/mol. The molecule has 0 aliphatic carbocycles. The quantitative estimate of drug-likeness (QED) is 0.568. The van der Waals surface area contributed by atoms with Crippen LogP contribution in [0.2, 0.25) is 0 Å². The first-order valence-electron chi connectivity index (χ1n) is 8.72. The molecular weight excluding hydrogens is 326 g/mol. The highest BCUT2D eigenvalue weighted by atomic mass is 15.7. The topological polar surface area (TPSA) is 55.0 Å². The van der Waals surface area contributed by atoms with Crippen LogP contribution in [0.3, 0.4) is 0 Å². The lowest BCUT2D eigenvalue weighted by molar-refractivity contribution is 0.456. The van der Waals surface area contributed by atoms with Crippen molar-refractivity contribution < 1.29 is 0 Å². The molecule has 26 heavy (non-hydrogen) atoms. The largest absolute Gasteiger partial charge is 0.323 e. The van der Waals surface area contributed by atoms with Gasteiger partial charge in [0.15, 0.2) is 0 Å². The second kappa shape index (κ2) is 6.18. The zero-order valence-corrected chi connectivity index (χ0v) is 14.3. The van der Waals surface area contributed by atoms with E-state index in [0.29, 0.717) is 0 Å². The number of para-hydroxylation sites is 2. The van der Waals surface area contributed by atoms with Gasteiger partial charge < -0.3 is 4.90 Å². The van der Waals surface area contributed by atoms with Crippen LogP contribution in [-0.2, 0) is 13.1 Å². The zero-order valence-electron chi connectivity index (χ0n) is 14.3. The van der Waals surface area contributed by atoms with E-state index in [0.717, 1.165) is 43.3 Å². The number of hydrogen-bond acceptors (Lipinski definition) is 5. The minimum Gasteiger partial charge on any atom is -0.323 e. The molecular formula is C19H19N7. The van der Waals surface area contributed by atoms with E-state index in [9.17, 15) is 0 Å². The molecule has 0 atom stereocenters. The van der Waals surface area contributed by atoms with Crippen LogP contribution in [0.4, 0.5) is 5.95 Å². The Bertz CT molecular complexity index is 1010. The lowest BCUT2D eigenvalue weighted by Gasteiger charge is -2.38. The first kappa shape index (κ1) is 14.9. The molecule has 0 bridgehead atoms. The fraction of sp³-hybridized carbons (Fsp3) is 0.211. The first-order valence-corrected chi connectivity index (χ1v) is 8.72. The van der Waals surface area contributed by atoms with E-state index >= 15 is 0 Å². The lowest BCUT2D eigenvalue weighted by Crippen LogP contribution is -2.50. The second-order valence-electron chi connectivity index (χ2n) is 6.46. The highest BCUT2D eigenvalue weighted by molar-refractivity contribution is 5.79. The molecule has 0 spiro atoms. The maximum atomic E-state index is 4.88. The summed E-state index contributed by atoms with van der Waals surface area (Å²) in [6, 6.07) is 18.9. The summed E-state index contributed by atoms with van der Waals surface area (Å²) in [5, 5.41) is 10.1. The second-order valence-corrected chi connectivity index (χ2v) is 6.46. The highest BCUT2D eigenvalue weighted by Gasteiger charge is 2.26. The minimum absolute atomic E-state index is 0.718. The Morgan fingerprint density at radius 1 is 0.846 bits per heavy atom. The van der Waals surface area contributed by atoms with Crippen LogP contribution in [0.15, 0.2) is 67.3 Å². The Balaban J connectivity index is 1.50. The summed E-state index contributed by atoms with van der Waals surface area (Å²) in [7, 11) is 0. The van der Waals surface area contributed by atoms with Gasteiger partial charge in [0.05, 0.1) is 11.0 Å². The van der Waals surface area contributed by atoms with E-state index in [1.54, 1.807) is 12.7 Å². The molecule has 0 saturated heterocycles.